The minimum Gasteiger partial charge on any atom is -0.465 e. The summed E-state index contributed by atoms with van der Waals surface area (Å²) in [5, 5.41) is 7.98. The van der Waals surface area contributed by atoms with Crippen molar-refractivity contribution in [2.45, 2.75) is 18.9 Å². The fraction of sp³-hybridized carbons (Fsp3) is 0.357. The van der Waals surface area contributed by atoms with E-state index >= 15 is 0 Å². The molecule has 1 aliphatic heterocycles. The Hall–Kier alpha value is -2.09. The molecule has 0 bridgehead atoms. The average Bonchev–Trinajstić information content (AvgIpc) is 3.00. The van der Waals surface area contributed by atoms with E-state index in [1.807, 2.05) is 0 Å². The first-order chi connectivity index (χ1) is 10.6. The molecule has 116 valence electrons. The van der Waals surface area contributed by atoms with E-state index < -0.39 is 23.1 Å². The van der Waals surface area contributed by atoms with Crippen LogP contribution >= 0.6 is 11.3 Å². The molecule has 3 rings (SSSR count). The molecule has 1 aromatic heterocycles. The minimum absolute atomic E-state index is 0.0672. The Bertz CT molecular complexity index is 638. The highest BCUT2D eigenvalue weighted by Gasteiger charge is 2.28. The molecule has 0 atom stereocenters. The van der Waals surface area contributed by atoms with Gasteiger partial charge in [0.2, 0.25) is 0 Å². The molecule has 22 heavy (non-hydrogen) atoms. The van der Waals surface area contributed by atoms with Gasteiger partial charge >= 0.3 is 0 Å². The van der Waals surface area contributed by atoms with E-state index in [1.54, 1.807) is 5.51 Å². The van der Waals surface area contributed by atoms with Gasteiger partial charge in [-0.15, -0.1) is 10.2 Å². The number of hydrogen-bond donors (Lipinski definition) is 0. The van der Waals surface area contributed by atoms with Crippen LogP contribution in [0.25, 0.3) is 0 Å². The van der Waals surface area contributed by atoms with E-state index in [0.717, 1.165) is 12.1 Å². The van der Waals surface area contributed by atoms with Crippen molar-refractivity contribution >= 4 is 17.2 Å². The Balaban J connectivity index is 1.62. The van der Waals surface area contributed by atoms with Crippen LogP contribution in [-0.4, -0.2) is 40.2 Å². The van der Waals surface area contributed by atoms with Crippen molar-refractivity contribution in [3.05, 3.63) is 40.9 Å². The molecule has 1 amide bonds. The Morgan fingerprint density at radius 2 is 1.95 bits per heavy atom. The highest BCUT2D eigenvalue weighted by Crippen LogP contribution is 2.22. The lowest BCUT2D eigenvalue weighted by Gasteiger charge is -2.31. The molecular weight excluding hydrogens is 312 g/mol. The molecule has 1 aromatic carbocycles. The molecule has 2 heterocycles. The zero-order chi connectivity index (χ0) is 15.5. The van der Waals surface area contributed by atoms with Gasteiger partial charge in [-0.1, -0.05) is 17.4 Å². The predicted molar refractivity (Wildman–Crippen MR) is 75.8 cm³/mol. The topological polar surface area (TPSA) is 55.3 Å². The Morgan fingerprint density at radius 3 is 2.55 bits per heavy atom. The van der Waals surface area contributed by atoms with Crippen LogP contribution in [0.15, 0.2) is 23.7 Å². The summed E-state index contributed by atoms with van der Waals surface area (Å²) in [4.78, 5) is 13.7. The summed E-state index contributed by atoms with van der Waals surface area (Å²) >= 11 is 1.30. The molecule has 0 N–H and O–H groups in total. The standard InChI is InChI=1S/C14H13F2N3O2S/c15-10-2-1-3-11(16)12(10)13(20)19-6-4-9(5-7-19)21-14-18-17-8-22-14/h1-3,8-9H,4-7H2. The number of amides is 1. The first kappa shape index (κ1) is 14.8. The lowest BCUT2D eigenvalue weighted by Crippen LogP contribution is -2.42. The normalized spacial score (nSPS) is 15.8. The summed E-state index contributed by atoms with van der Waals surface area (Å²) in [6, 6.07) is 3.41. The average molecular weight is 325 g/mol. The summed E-state index contributed by atoms with van der Waals surface area (Å²) in [5.41, 5.74) is 1.08. The number of carbonyl (C=O) groups is 1. The number of likely N-dealkylation sites (tertiary alicyclic amines) is 1. The van der Waals surface area contributed by atoms with Gasteiger partial charge in [0, 0.05) is 25.9 Å². The number of hydrogen-bond acceptors (Lipinski definition) is 5. The summed E-state index contributed by atoms with van der Waals surface area (Å²) in [5.74, 6) is -2.29. The number of ether oxygens (including phenoxy) is 1. The third-order valence-electron chi connectivity index (χ3n) is 3.51. The van der Waals surface area contributed by atoms with Crippen molar-refractivity contribution in [3.63, 3.8) is 0 Å². The van der Waals surface area contributed by atoms with Crippen LogP contribution in [0.5, 0.6) is 5.19 Å². The molecule has 5 nitrogen and oxygen atoms in total. The van der Waals surface area contributed by atoms with Crippen molar-refractivity contribution in [1.82, 2.24) is 15.1 Å². The Kier molecular flexibility index (Phi) is 4.28. The van der Waals surface area contributed by atoms with Crippen molar-refractivity contribution in [3.8, 4) is 5.19 Å². The van der Waals surface area contributed by atoms with Crippen LogP contribution in [0.3, 0.4) is 0 Å². The largest absolute Gasteiger partial charge is 0.465 e. The van der Waals surface area contributed by atoms with Gasteiger partial charge in [-0.3, -0.25) is 4.79 Å². The van der Waals surface area contributed by atoms with Crippen molar-refractivity contribution in [2.24, 2.45) is 0 Å². The fourth-order valence-corrected chi connectivity index (χ4v) is 2.86. The highest BCUT2D eigenvalue weighted by atomic mass is 32.1. The molecule has 8 heteroatoms. The lowest BCUT2D eigenvalue weighted by atomic mass is 10.1. The number of carbonyl (C=O) groups excluding carboxylic acids is 1. The number of piperidine rings is 1. The zero-order valence-corrected chi connectivity index (χ0v) is 12.4. The Labute approximate surface area is 129 Å². The second-order valence-corrected chi connectivity index (χ2v) is 5.71. The van der Waals surface area contributed by atoms with Crippen LogP contribution in [0.1, 0.15) is 23.2 Å². The molecule has 0 saturated carbocycles. The van der Waals surface area contributed by atoms with E-state index in [-0.39, 0.29) is 6.10 Å². The maximum absolute atomic E-state index is 13.7. The van der Waals surface area contributed by atoms with Gasteiger partial charge in [-0.25, -0.2) is 8.78 Å². The maximum Gasteiger partial charge on any atom is 0.294 e. The van der Waals surface area contributed by atoms with E-state index in [9.17, 15) is 13.6 Å². The number of halogens is 2. The number of nitrogens with zero attached hydrogens (tertiary/aromatic N) is 3. The van der Waals surface area contributed by atoms with E-state index in [4.69, 9.17) is 4.74 Å². The van der Waals surface area contributed by atoms with Gasteiger partial charge in [-0.05, 0) is 12.1 Å². The van der Waals surface area contributed by atoms with Gasteiger partial charge in [0.05, 0.1) is 0 Å². The van der Waals surface area contributed by atoms with Crippen LogP contribution in [-0.2, 0) is 0 Å². The SMILES string of the molecule is O=C(c1c(F)cccc1F)N1CCC(Oc2nncs2)CC1. The van der Waals surface area contributed by atoms with Crippen LogP contribution in [0, 0.1) is 11.6 Å². The van der Waals surface area contributed by atoms with Crippen molar-refractivity contribution in [2.75, 3.05) is 13.1 Å². The summed E-state index contributed by atoms with van der Waals surface area (Å²) in [7, 11) is 0. The third kappa shape index (κ3) is 3.06. The fourth-order valence-electron chi connectivity index (χ4n) is 2.39. The second kappa shape index (κ2) is 6.35. The first-order valence-electron chi connectivity index (χ1n) is 6.81. The van der Waals surface area contributed by atoms with Crippen molar-refractivity contribution < 1.29 is 18.3 Å². The molecule has 1 saturated heterocycles. The molecular formula is C14H13F2N3O2S. The van der Waals surface area contributed by atoms with Gasteiger partial charge in [0.25, 0.3) is 11.1 Å². The smallest absolute Gasteiger partial charge is 0.294 e. The summed E-state index contributed by atoms with van der Waals surface area (Å²) in [6.07, 6.45) is 1.10. The minimum atomic E-state index is -0.836. The van der Waals surface area contributed by atoms with E-state index in [0.29, 0.717) is 31.1 Å². The molecule has 0 unspecified atom stereocenters. The first-order valence-corrected chi connectivity index (χ1v) is 7.69. The van der Waals surface area contributed by atoms with Crippen LogP contribution < -0.4 is 4.74 Å². The Morgan fingerprint density at radius 1 is 1.27 bits per heavy atom. The summed E-state index contributed by atoms with van der Waals surface area (Å²) in [6.45, 7) is 0.770. The monoisotopic (exact) mass is 325 g/mol. The molecule has 1 fully saturated rings. The highest BCUT2D eigenvalue weighted by molar-refractivity contribution is 7.11. The molecule has 2 aromatic rings. The van der Waals surface area contributed by atoms with E-state index in [2.05, 4.69) is 10.2 Å². The van der Waals surface area contributed by atoms with Crippen LogP contribution in [0.4, 0.5) is 8.78 Å². The molecule has 0 aliphatic carbocycles. The van der Waals surface area contributed by atoms with Gasteiger partial charge in [0.1, 0.15) is 28.8 Å². The predicted octanol–water partition coefficient (Wildman–Crippen LogP) is 2.50. The summed E-state index contributed by atoms with van der Waals surface area (Å²) < 4.78 is 33.0. The molecule has 0 radical (unpaired) electrons. The quantitative estimate of drug-likeness (QED) is 0.870. The molecule has 1 aliphatic rings. The third-order valence-corrected chi connectivity index (χ3v) is 4.09. The van der Waals surface area contributed by atoms with E-state index in [1.165, 1.54) is 22.3 Å². The van der Waals surface area contributed by atoms with Crippen LogP contribution in [0.2, 0.25) is 0 Å². The molecule has 0 spiro atoms. The number of aromatic nitrogens is 2. The zero-order valence-electron chi connectivity index (χ0n) is 11.5. The number of benzene rings is 1. The van der Waals surface area contributed by atoms with Crippen molar-refractivity contribution in [1.29, 1.82) is 0 Å². The lowest BCUT2D eigenvalue weighted by molar-refractivity contribution is 0.0585. The maximum atomic E-state index is 13.7. The van der Waals surface area contributed by atoms with Gasteiger partial charge in [0.15, 0.2) is 0 Å². The number of rotatable bonds is 3. The van der Waals surface area contributed by atoms with Gasteiger partial charge in [-0.2, -0.15) is 0 Å². The second-order valence-electron chi connectivity index (χ2n) is 4.91. The van der Waals surface area contributed by atoms with Gasteiger partial charge < -0.3 is 9.64 Å².